The van der Waals surface area contributed by atoms with Crippen molar-refractivity contribution >= 4 is 51.3 Å². The minimum Gasteiger partial charge on any atom is -0.464 e. The van der Waals surface area contributed by atoms with Gasteiger partial charge in [-0.25, -0.2) is 9.59 Å². The van der Waals surface area contributed by atoms with Gasteiger partial charge in [-0.2, -0.15) is 0 Å². The summed E-state index contributed by atoms with van der Waals surface area (Å²) in [4.78, 5) is 69.6. The van der Waals surface area contributed by atoms with Crippen molar-refractivity contribution in [3.63, 3.8) is 0 Å². The molecule has 20 atom stereocenters. The van der Waals surface area contributed by atoms with E-state index < -0.39 is 138 Å². The van der Waals surface area contributed by atoms with Gasteiger partial charge in [-0.15, -0.1) is 0 Å². The van der Waals surface area contributed by atoms with Crippen LogP contribution in [0.5, 0.6) is 0 Å². The molecular weight excluding hydrogens is 1000 g/mol. The van der Waals surface area contributed by atoms with E-state index in [9.17, 15) is 44.4 Å². The second-order valence-electron chi connectivity index (χ2n) is 21.7. The Morgan fingerprint density at radius 3 is 2.07 bits per heavy atom. The molecule has 2 amide bonds. The van der Waals surface area contributed by atoms with Gasteiger partial charge >= 0.3 is 17.9 Å². The molecule has 0 spiro atoms. The predicted molar refractivity (Wildman–Crippen MR) is 279 cm³/mol. The van der Waals surface area contributed by atoms with Gasteiger partial charge in [0.15, 0.2) is 18.7 Å². The SMILES string of the molecule is CCOC(=O)[C@H](CSSCC[C@H](NC(C)=O)C(=O)O[C@H]1[C@H](O[C@@H]2[C@@H](C)[C@H](O[C@H]3C[C@@](C)(OC)[C@@H](O)[C@H](C)O3)[C@@H](C)C(=O)O[C@H](CC)[C@@](C)(O)[C@H](O)[C@@H](C)N(C)C[C@H](C)C[C@@]2(C)O)O[C@H](C)C[C@@H]1N(C)C)NC(C)=O. The lowest BCUT2D eigenvalue weighted by Gasteiger charge is -2.49. The topological polar surface area (TPSA) is 271 Å². The molecule has 3 aliphatic rings. The van der Waals surface area contributed by atoms with E-state index in [-0.39, 0.29) is 49.9 Å². The molecule has 430 valence electrons. The third kappa shape index (κ3) is 17.8. The number of cyclic esters (lactones) is 1. The predicted octanol–water partition coefficient (Wildman–Crippen LogP) is 2.80. The number of likely N-dealkylation sites (N-methyl/N-ethyl adjacent to an activating group) is 2. The average Bonchev–Trinajstić information content (AvgIpc) is 3.30. The zero-order chi connectivity index (χ0) is 56.2. The van der Waals surface area contributed by atoms with Crippen molar-refractivity contribution in [2.24, 2.45) is 17.8 Å². The van der Waals surface area contributed by atoms with E-state index in [0.29, 0.717) is 18.7 Å². The maximum atomic E-state index is 14.6. The standard InChI is InChI=1S/C51H92N4O17S2/c1-18-38-51(13,64)42(58)31(7)55(16)25-27(3)23-49(11,63)44(29(5)40(30(6)45(60)69-38)70-39-24-50(12,65-17)43(59)32(8)68-39)72-48-41(37(54(14)15)22-28(4)67-48)71-47(62)35(52-33(9)56)20-21-73-74-26-36(53-34(10)57)46(61)66-19-2/h27-32,35-44,48,58-59,63-64H,18-26H2,1-17H3,(H,52,56)(H,53,57)/t27-,28-,29+,30-,31-,32+,35+,36+,37+,38-,39+,40+,41-,42-,43+,44-,48+,49-,50-,51-/m1/s1. The number of hydrogen-bond acceptors (Lipinski definition) is 21. The first kappa shape index (κ1) is 65.9. The molecule has 74 heavy (non-hydrogen) atoms. The molecule has 0 bridgehead atoms. The normalized spacial score (nSPS) is 38.9. The van der Waals surface area contributed by atoms with E-state index in [1.165, 1.54) is 49.5 Å². The molecule has 6 N–H and O–H groups in total. The third-order valence-corrected chi connectivity index (χ3v) is 17.3. The highest BCUT2D eigenvalue weighted by Gasteiger charge is 2.53. The Kier molecular flexibility index (Phi) is 25.8. The highest BCUT2D eigenvalue weighted by atomic mass is 33.1. The van der Waals surface area contributed by atoms with Crippen LogP contribution in [0.25, 0.3) is 0 Å². The van der Waals surface area contributed by atoms with Crippen LogP contribution in [0.4, 0.5) is 0 Å². The number of carbonyl (C=O) groups excluding carboxylic acids is 5. The van der Waals surface area contributed by atoms with E-state index >= 15 is 0 Å². The molecule has 21 nitrogen and oxygen atoms in total. The van der Waals surface area contributed by atoms with Gasteiger partial charge in [0.2, 0.25) is 11.8 Å². The van der Waals surface area contributed by atoms with Crippen LogP contribution in [-0.2, 0) is 61.9 Å². The van der Waals surface area contributed by atoms with Crippen molar-refractivity contribution in [2.45, 2.75) is 224 Å². The number of hydrogen-bond donors (Lipinski definition) is 6. The van der Waals surface area contributed by atoms with E-state index in [0.717, 1.165) is 0 Å². The average molecular weight is 1100 g/mol. The lowest BCUT2D eigenvalue weighted by Crippen LogP contribution is -2.61. The zero-order valence-electron chi connectivity index (χ0n) is 47.0. The quantitative estimate of drug-likeness (QED) is 0.0470. The molecule has 3 saturated heterocycles. The Morgan fingerprint density at radius 1 is 0.878 bits per heavy atom. The van der Waals surface area contributed by atoms with Gasteiger partial charge in [-0.3, -0.25) is 14.4 Å². The minimum atomic E-state index is -1.89. The largest absolute Gasteiger partial charge is 0.464 e. The number of ether oxygens (including phenoxy) is 8. The summed E-state index contributed by atoms with van der Waals surface area (Å²) in [5.41, 5.74) is -4.74. The number of amides is 2. The van der Waals surface area contributed by atoms with Crippen LogP contribution < -0.4 is 10.6 Å². The number of aliphatic hydroxyl groups excluding tert-OH is 2. The Labute approximate surface area is 447 Å². The summed E-state index contributed by atoms with van der Waals surface area (Å²) in [5.74, 6) is -4.78. The van der Waals surface area contributed by atoms with Crippen molar-refractivity contribution in [3.05, 3.63) is 0 Å². The minimum absolute atomic E-state index is 0.0469. The van der Waals surface area contributed by atoms with Crippen LogP contribution >= 0.6 is 21.6 Å². The number of aliphatic hydroxyl groups is 4. The van der Waals surface area contributed by atoms with Crippen LogP contribution in [0, 0.1) is 17.8 Å². The Hall–Kier alpha value is -2.39. The molecule has 0 aliphatic carbocycles. The van der Waals surface area contributed by atoms with E-state index in [1.807, 2.05) is 37.7 Å². The first-order chi connectivity index (χ1) is 34.3. The highest BCUT2D eigenvalue weighted by molar-refractivity contribution is 8.76. The van der Waals surface area contributed by atoms with Gasteiger partial charge in [-0.1, -0.05) is 42.4 Å². The monoisotopic (exact) mass is 1100 g/mol. The van der Waals surface area contributed by atoms with Crippen molar-refractivity contribution in [1.82, 2.24) is 20.4 Å². The fraction of sp³-hybridized carbons (Fsp3) is 0.902. The number of methoxy groups -OCH3 is 1. The number of rotatable bonds is 19. The lowest BCUT2D eigenvalue weighted by atomic mass is 9.77. The number of nitrogens with zero attached hydrogens (tertiary/aromatic N) is 2. The summed E-state index contributed by atoms with van der Waals surface area (Å²) in [6.07, 6.45) is -9.84. The molecule has 0 saturated carbocycles. The molecule has 0 aromatic carbocycles. The number of esters is 3. The van der Waals surface area contributed by atoms with Crippen LogP contribution in [0.2, 0.25) is 0 Å². The molecule has 0 radical (unpaired) electrons. The zero-order valence-corrected chi connectivity index (χ0v) is 48.6. The van der Waals surface area contributed by atoms with E-state index in [2.05, 4.69) is 10.6 Å². The molecule has 3 fully saturated rings. The summed E-state index contributed by atoms with van der Waals surface area (Å²) in [6.45, 7) is 21.9. The van der Waals surface area contributed by atoms with Crippen LogP contribution in [0.15, 0.2) is 0 Å². The van der Waals surface area contributed by atoms with Gasteiger partial charge in [-0.05, 0) is 108 Å². The Balaban J connectivity index is 2.15. The van der Waals surface area contributed by atoms with Gasteiger partial charge in [0.25, 0.3) is 0 Å². The van der Waals surface area contributed by atoms with Crippen LogP contribution in [-0.4, -0.2) is 215 Å². The number of carbonyl (C=O) groups is 5. The maximum Gasteiger partial charge on any atom is 0.329 e. The second-order valence-corrected chi connectivity index (χ2v) is 24.4. The first-order valence-corrected chi connectivity index (χ1v) is 28.5. The summed E-state index contributed by atoms with van der Waals surface area (Å²) in [7, 11) is 9.57. The smallest absolute Gasteiger partial charge is 0.329 e. The van der Waals surface area contributed by atoms with Gasteiger partial charge in [0.05, 0.1) is 54.2 Å². The summed E-state index contributed by atoms with van der Waals surface area (Å²) < 4.78 is 50.2. The molecule has 0 aromatic heterocycles. The third-order valence-electron chi connectivity index (χ3n) is 14.9. The second kappa shape index (κ2) is 29.0. The van der Waals surface area contributed by atoms with Gasteiger partial charge in [0.1, 0.15) is 36.0 Å². The maximum absolute atomic E-state index is 14.6. The number of nitrogens with one attached hydrogen (secondary N) is 2. The molecule has 0 aromatic rings. The Bertz CT molecular complexity index is 1820. The van der Waals surface area contributed by atoms with Crippen LogP contribution in [0.3, 0.4) is 0 Å². The molecule has 3 aliphatic heterocycles. The van der Waals surface area contributed by atoms with Gasteiger partial charge in [0, 0.05) is 57.4 Å². The molecule has 0 unspecified atom stereocenters. The fourth-order valence-electron chi connectivity index (χ4n) is 10.6. The van der Waals surface area contributed by atoms with Crippen molar-refractivity contribution in [3.8, 4) is 0 Å². The molecule has 3 rings (SSSR count). The Morgan fingerprint density at radius 2 is 1.50 bits per heavy atom. The van der Waals surface area contributed by atoms with E-state index in [1.54, 1.807) is 62.4 Å². The summed E-state index contributed by atoms with van der Waals surface area (Å²) in [5, 5.41) is 53.1. The van der Waals surface area contributed by atoms with Crippen LogP contribution in [0.1, 0.15) is 122 Å². The first-order valence-electron chi connectivity index (χ1n) is 26.1. The summed E-state index contributed by atoms with van der Waals surface area (Å²) in [6, 6.07) is -3.12. The lowest BCUT2D eigenvalue weighted by molar-refractivity contribution is -0.319. The summed E-state index contributed by atoms with van der Waals surface area (Å²) >= 11 is 0. The van der Waals surface area contributed by atoms with E-state index in [4.69, 9.17) is 37.9 Å². The van der Waals surface area contributed by atoms with Crippen molar-refractivity contribution < 1.29 is 82.3 Å². The van der Waals surface area contributed by atoms with Gasteiger partial charge < -0.3 is 78.8 Å². The van der Waals surface area contributed by atoms with Crippen molar-refractivity contribution in [2.75, 3.05) is 52.9 Å². The van der Waals surface area contributed by atoms with Crippen molar-refractivity contribution in [1.29, 1.82) is 0 Å². The molecule has 3 heterocycles. The highest BCUT2D eigenvalue weighted by Crippen LogP contribution is 2.41. The molecule has 23 heteroatoms. The molecular formula is C51H92N4O17S2. The fourth-order valence-corrected chi connectivity index (χ4v) is 12.8.